The maximum absolute atomic E-state index is 11.5. The molecule has 102 valence electrons. The Morgan fingerprint density at radius 3 is 2.60 bits per heavy atom. The molecular formula is C16H16N2O2. The summed E-state index contributed by atoms with van der Waals surface area (Å²) in [5.41, 5.74) is 3.45. The summed E-state index contributed by atoms with van der Waals surface area (Å²) in [6.07, 6.45) is 4.04. The van der Waals surface area contributed by atoms with Crippen LogP contribution in [-0.4, -0.2) is 27.0 Å². The van der Waals surface area contributed by atoms with E-state index in [4.69, 9.17) is 0 Å². The molecule has 4 heteroatoms. The number of aliphatic carboxylic acids is 1. The van der Waals surface area contributed by atoms with Crippen molar-refractivity contribution in [3.63, 3.8) is 0 Å². The molecule has 1 aliphatic heterocycles. The van der Waals surface area contributed by atoms with Crippen molar-refractivity contribution in [1.82, 2.24) is 9.88 Å². The lowest BCUT2D eigenvalue weighted by Crippen LogP contribution is -2.44. The lowest BCUT2D eigenvalue weighted by atomic mass is 9.93. The van der Waals surface area contributed by atoms with Gasteiger partial charge in [0.25, 0.3) is 0 Å². The normalized spacial score (nSPS) is 18.5. The molecule has 0 amide bonds. The molecule has 0 bridgehead atoms. The van der Waals surface area contributed by atoms with Gasteiger partial charge in [0.2, 0.25) is 0 Å². The average molecular weight is 268 g/mol. The fraction of sp³-hybridized carbons (Fsp3) is 0.250. The molecule has 0 fully saturated rings. The Morgan fingerprint density at radius 1 is 1.20 bits per heavy atom. The molecule has 4 nitrogen and oxygen atoms in total. The molecule has 0 radical (unpaired) electrons. The van der Waals surface area contributed by atoms with Crippen molar-refractivity contribution in [2.24, 2.45) is 0 Å². The smallest absolute Gasteiger partial charge is 0.321 e. The van der Waals surface area contributed by atoms with Gasteiger partial charge in [-0.3, -0.25) is 14.7 Å². The fourth-order valence-corrected chi connectivity index (χ4v) is 2.71. The zero-order valence-corrected chi connectivity index (χ0v) is 11.1. The van der Waals surface area contributed by atoms with Crippen molar-refractivity contribution < 1.29 is 9.90 Å². The molecule has 1 aromatic heterocycles. The molecule has 0 aliphatic carbocycles. The van der Waals surface area contributed by atoms with Crippen LogP contribution in [0, 0.1) is 0 Å². The monoisotopic (exact) mass is 268 g/mol. The van der Waals surface area contributed by atoms with E-state index in [1.807, 2.05) is 35.2 Å². The second-order valence-corrected chi connectivity index (χ2v) is 5.09. The number of benzene rings is 1. The largest absolute Gasteiger partial charge is 0.480 e. The highest BCUT2D eigenvalue weighted by atomic mass is 16.4. The van der Waals surface area contributed by atoms with Gasteiger partial charge in [0.05, 0.1) is 0 Å². The van der Waals surface area contributed by atoms with E-state index in [1.54, 1.807) is 12.4 Å². The number of hydrogen-bond acceptors (Lipinski definition) is 3. The first-order valence-electron chi connectivity index (χ1n) is 6.66. The fourth-order valence-electron chi connectivity index (χ4n) is 2.71. The number of fused-ring (bicyclic) bond motifs is 1. The maximum Gasteiger partial charge on any atom is 0.321 e. The molecule has 0 saturated carbocycles. The summed E-state index contributed by atoms with van der Waals surface area (Å²) >= 11 is 0. The van der Waals surface area contributed by atoms with Crippen LogP contribution in [0.2, 0.25) is 0 Å². The highest BCUT2D eigenvalue weighted by molar-refractivity contribution is 5.74. The second kappa shape index (κ2) is 5.43. The van der Waals surface area contributed by atoms with E-state index in [2.05, 4.69) is 11.1 Å². The molecule has 1 N–H and O–H groups in total. The Labute approximate surface area is 117 Å². The van der Waals surface area contributed by atoms with E-state index in [0.717, 1.165) is 11.1 Å². The molecular weight excluding hydrogens is 252 g/mol. The van der Waals surface area contributed by atoms with E-state index in [9.17, 15) is 9.90 Å². The van der Waals surface area contributed by atoms with Crippen LogP contribution in [0.15, 0.2) is 48.8 Å². The standard InChI is InChI=1S/C16H16N2O2/c19-16(20)15-9-13-3-1-2-4-14(13)11-18(15)10-12-5-7-17-8-6-12/h1-8,15H,9-11H2,(H,19,20)/t15-/m0/s1. The second-order valence-electron chi connectivity index (χ2n) is 5.09. The van der Waals surface area contributed by atoms with Gasteiger partial charge in [-0.05, 0) is 35.2 Å². The molecule has 0 unspecified atom stereocenters. The van der Waals surface area contributed by atoms with Crippen molar-refractivity contribution in [1.29, 1.82) is 0 Å². The van der Waals surface area contributed by atoms with Gasteiger partial charge in [-0.1, -0.05) is 24.3 Å². The first-order valence-corrected chi connectivity index (χ1v) is 6.66. The lowest BCUT2D eigenvalue weighted by molar-refractivity contribution is -0.144. The minimum absolute atomic E-state index is 0.460. The summed E-state index contributed by atoms with van der Waals surface area (Å²) in [6, 6.07) is 11.5. The number of rotatable bonds is 3. The van der Waals surface area contributed by atoms with Crippen LogP contribution in [-0.2, 0) is 24.3 Å². The number of hydrogen-bond donors (Lipinski definition) is 1. The summed E-state index contributed by atoms with van der Waals surface area (Å²) in [5, 5.41) is 9.46. The van der Waals surface area contributed by atoms with Gasteiger partial charge < -0.3 is 5.11 Å². The molecule has 20 heavy (non-hydrogen) atoms. The molecule has 1 aromatic carbocycles. The Hall–Kier alpha value is -2.20. The van der Waals surface area contributed by atoms with Crippen LogP contribution in [0.3, 0.4) is 0 Å². The molecule has 2 aromatic rings. The van der Waals surface area contributed by atoms with Gasteiger partial charge in [-0.2, -0.15) is 0 Å². The van der Waals surface area contributed by atoms with Gasteiger partial charge >= 0.3 is 5.97 Å². The minimum atomic E-state index is -0.756. The molecule has 1 atom stereocenters. The molecule has 2 heterocycles. The third-order valence-corrected chi connectivity index (χ3v) is 3.77. The SMILES string of the molecule is O=C(O)[C@@H]1Cc2ccccc2CN1Cc1ccncc1. The Bertz CT molecular complexity index is 613. The number of carboxylic acid groups (broad SMARTS) is 1. The van der Waals surface area contributed by atoms with Gasteiger partial charge in [0.1, 0.15) is 6.04 Å². The third-order valence-electron chi connectivity index (χ3n) is 3.77. The van der Waals surface area contributed by atoms with Crippen molar-refractivity contribution >= 4 is 5.97 Å². The Balaban J connectivity index is 1.87. The molecule has 0 saturated heterocycles. The number of pyridine rings is 1. The quantitative estimate of drug-likeness (QED) is 0.926. The van der Waals surface area contributed by atoms with Crippen LogP contribution < -0.4 is 0 Å². The van der Waals surface area contributed by atoms with E-state index < -0.39 is 12.0 Å². The van der Waals surface area contributed by atoms with E-state index in [0.29, 0.717) is 19.5 Å². The molecule has 3 rings (SSSR count). The van der Waals surface area contributed by atoms with E-state index in [1.165, 1.54) is 5.56 Å². The first-order chi connectivity index (χ1) is 9.74. The third kappa shape index (κ3) is 2.56. The Morgan fingerprint density at radius 2 is 1.90 bits per heavy atom. The zero-order chi connectivity index (χ0) is 13.9. The highest BCUT2D eigenvalue weighted by Gasteiger charge is 2.31. The predicted molar refractivity (Wildman–Crippen MR) is 75.1 cm³/mol. The van der Waals surface area contributed by atoms with Gasteiger partial charge in [0, 0.05) is 25.5 Å². The number of nitrogens with zero attached hydrogens (tertiary/aromatic N) is 2. The van der Waals surface area contributed by atoms with Gasteiger partial charge in [-0.15, -0.1) is 0 Å². The first kappa shape index (κ1) is 12.8. The summed E-state index contributed by atoms with van der Waals surface area (Å²) in [5.74, 6) is -0.756. The number of carboxylic acids is 1. The Kier molecular flexibility index (Phi) is 3.48. The zero-order valence-electron chi connectivity index (χ0n) is 11.1. The summed E-state index contributed by atoms with van der Waals surface area (Å²) < 4.78 is 0. The number of carbonyl (C=O) groups is 1. The maximum atomic E-state index is 11.5. The van der Waals surface area contributed by atoms with Crippen LogP contribution in [0.25, 0.3) is 0 Å². The van der Waals surface area contributed by atoms with Crippen LogP contribution >= 0.6 is 0 Å². The van der Waals surface area contributed by atoms with Crippen molar-refractivity contribution in [2.45, 2.75) is 25.6 Å². The predicted octanol–water partition coefficient (Wildman–Crippen LogP) is 2.09. The average Bonchev–Trinajstić information content (AvgIpc) is 2.47. The minimum Gasteiger partial charge on any atom is -0.480 e. The van der Waals surface area contributed by atoms with Crippen molar-refractivity contribution in [3.8, 4) is 0 Å². The van der Waals surface area contributed by atoms with Crippen molar-refractivity contribution in [3.05, 3.63) is 65.5 Å². The van der Waals surface area contributed by atoms with Crippen molar-refractivity contribution in [2.75, 3.05) is 0 Å². The van der Waals surface area contributed by atoms with Gasteiger partial charge in [-0.25, -0.2) is 0 Å². The van der Waals surface area contributed by atoms with E-state index in [-0.39, 0.29) is 0 Å². The number of aromatic nitrogens is 1. The summed E-state index contributed by atoms with van der Waals surface area (Å²) in [7, 11) is 0. The van der Waals surface area contributed by atoms with Crippen LogP contribution in [0.5, 0.6) is 0 Å². The lowest BCUT2D eigenvalue weighted by Gasteiger charge is -2.34. The topological polar surface area (TPSA) is 53.4 Å². The summed E-state index contributed by atoms with van der Waals surface area (Å²) in [4.78, 5) is 17.5. The van der Waals surface area contributed by atoms with Crippen LogP contribution in [0.4, 0.5) is 0 Å². The highest BCUT2D eigenvalue weighted by Crippen LogP contribution is 2.24. The van der Waals surface area contributed by atoms with Gasteiger partial charge in [0.15, 0.2) is 0 Å². The molecule has 1 aliphatic rings. The molecule has 0 spiro atoms. The van der Waals surface area contributed by atoms with E-state index >= 15 is 0 Å². The van der Waals surface area contributed by atoms with Crippen LogP contribution in [0.1, 0.15) is 16.7 Å². The summed E-state index contributed by atoms with van der Waals surface area (Å²) in [6.45, 7) is 1.31.